The summed E-state index contributed by atoms with van der Waals surface area (Å²) in [4.78, 5) is 7.22. The molecule has 0 N–H and O–H groups in total. The summed E-state index contributed by atoms with van der Waals surface area (Å²) in [6, 6.07) is 41.1. The highest BCUT2D eigenvalue weighted by Crippen LogP contribution is 2.29. The molecule has 0 saturated carbocycles. The van der Waals surface area contributed by atoms with Crippen LogP contribution in [0, 0.1) is 0 Å². The van der Waals surface area contributed by atoms with Gasteiger partial charge in [0.1, 0.15) is 5.84 Å². The molecule has 0 aliphatic rings. The third kappa shape index (κ3) is 3.96. The third-order valence-electron chi connectivity index (χ3n) is 4.26. The molecule has 2 heteroatoms. The van der Waals surface area contributed by atoms with Gasteiger partial charge in [0.05, 0.1) is 5.69 Å². The van der Waals surface area contributed by atoms with Crippen molar-refractivity contribution in [2.45, 2.75) is 0 Å². The number of anilines is 2. The maximum atomic E-state index is 5.02. The van der Waals surface area contributed by atoms with Gasteiger partial charge < -0.3 is 0 Å². The van der Waals surface area contributed by atoms with Gasteiger partial charge in [-0.3, -0.25) is 4.90 Å². The minimum absolute atomic E-state index is 0.888. The number of benzene rings is 4. The fraction of sp³-hybridized carbons (Fsp3) is 0. The molecular formula is C25H20N2. The average Bonchev–Trinajstić information content (AvgIpc) is 2.76. The predicted molar refractivity (Wildman–Crippen MR) is 114 cm³/mol. The highest BCUT2D eigenvalue weighted by atomic mass is 15.2. The van der Waals surface area contributed by atoms with E-state index in [4.69, 9.17) is 4.99 Å². The quantitative estimate of drug-likeness (QED) is 0.299. The minimum Gasteiger partial charge on any atom is -0.295 e. The van der Waals surface area contributed by atoms with Crippen LogP contribution >= 0.6 is 0 Å². The maximum absolute atomic E-state index is 5.02. The molecule has 0 bridgehead atoms. The molecule has 0 unspecified atom stereocenters. The number of aliphatic imine (C=N–C) groups is 1. The van der Waals surface area contributed by atoms with Crippen LogP contribution in [0.1, 0.15) is 5.56 Å². The van der Waals surface area contributed by atoms with E-state index in [-0.39, 0.29) is 0 Å². The van der Waals surface area contributed by atoms with E-state index in [1.54, 1.807) is 0 Å². The van der Waals surface area contributed by atoms with Crippen molar-refractivity contribution in [2.24, 2.45) is 4.99 Å². The molecule has 0 heterocycles. The fourth-order valence-electron chi connectivity index (χ4n) is 3.00. The van der Waals surface area contributed by atoms with Crippen molar-refractivity contribution in [3.05, 3.63) is 127 Å². The van der Waals surface area contributed by atoms with Crippen LogP contribution in [0.25, 0.3) is 0 Å². The van der Waals surface area contributed by atoms with Gasteiger partial charge in [0.15, 0.2) is 0 Å². The lowest BCUT2D eigenvalue weighted by Gasteiger charge is -2.27. The molecule has 27 heavy (non-hydrogen) atoms. The molecule has 4 rings (SSSR count). The first-order valence-electron chi connectivity index (χ1n) is 9.01. The monoisotopic (exact) mass is 348 g/mol. The van der Waals surface area contributed by atoms with Crippen molar-refractivity contribution in [1.29, 1.82) is 0 Å². The van der Waals surface area contributed by atoms with E-state index < -0.39 is 0 Å². The van der Waals surface area contributed by atoms with E-state index >= 15 is 0 Å². The van der Waals surface area contributed by atoms with E-state index in [9.17, 15) is 0 Å². The summed E-state index contributed by atoms with van der Waals surface area (Å²) in [5.41, 5.74) is 4.13. The summed E-state index contributed by atoms with van der Waals surface area (Å²) in [7, 11) is 0. The molecule has 4 aromatic rings. The molecule has 0 spiro atoms. The van der Waals surface area contributed by atoms with Gasteiger partial charge in [-0.1, -0.05) is 84.9 Å². The van der Waals surface area contributed by atoms with Gasteiger partial charge in [0, 0.05) is 16.9 Å². The van der Waals surface area contributed by atoms with Gasteiger partial charge in [-0.05, 0) is 36.4 Å². The topological polar surface area (TPSA) is 15.6 Å². The lowest BCUT2D eigenvalue weighted by molar-refractivity contribution is 1.31. The Morgan fingerprint density at radius 1 is 0.481 bits per heavy atom. The first kappa shape index (κ1) is 16.8. The Balaban J connectivity index is 1.93. The Kier molecular flexibility index (Phi) is 5.07. The molecule has 0 atom stereocenters. The summed E-state index contributed by atoms with van der Waals surface area (Å²) in [5, 5.41) is 0. The van der Waals surface area contributed by atoms with Crippen LogP contribution in [0.4, 0.5) is 17.1 Å². The van der Waals surface area contributed by atoms with Crippen molar-refractivity contribution in [1.82, 2.24) is 0 Å². The lowest BCUT2D eigenvalue weighted by atomic mass is 10.1. The Morgan fingerprint density at radius 3 is 1.37 bits per heavy atom. The number of hydrogen-bond donors (Lipinski definition) is 0. The summed E-state index contributed by atoms with van der Waals surface area (Å²) in [6.07, 6.45) is 0. The molecule has 0 aliphatic heterocycles. The molecule has 130 valence electrons. The number of hydrogen-bond acceptors (Lipinski definition) is 1. The Morgan fingerprint density at radius 2 is 0.889 bits per heavy atom. The predicted octanol–water partition coefficient (Wildman–Crippen LogP) is 6.60. The van der Waals surface area contributed by atoms with Crippen LogP contribution in [0.5, 0.6) is 0 Å². The Labute approximate surface area is 160 Å². The second kappa shape index (κ2) is 8.15. The normalized spacial score (nSPS) is 11.2. The minimum atomic E-state index is 0.888. The molecule has 2 nitrogen and oxygen atoms in total. The third-order valence-corrected chi connectivity index (χ3v) is 4.26. The number of para-hydroxylation sites is 3. The van der Waals surface area contributed by atoms with E-state index in [1.165, 1.54) is 0 Å². The van der Waals surface area contributed by atoms with Gasteiger partial charge in [0.2, 0.25) is 0 Å². The standard InChI is InChI=1S/C25H20N2/c1-5-13-21(14-6-1)25(26-22-15-7-2-8-16-22)27(23-17-9-3-10-18-23)24-19-11-4-12-20-24/h1-20H. The zero-order chi connectivity index (χ0) is 18.3. The van der Waals surface area contributed by atoms with Crippen molar-refractivity contribution < 1.29 is 0 Å². The molecule has 0 radical (unpaired) electrons. The Hall–Kier alpha value is -3.65. The van der Waals surface area contributed by atoms with Crippen LogP contribution in [0.15, 0.2) is 126 Å². The molecule has 0 saturated heterocycles. The van der Waals surface area contributed by atoms with Crippen molar-refractivity contribution in [3.8, 4) is 0 Å². The smallest absolute Gasteiger partial charge is 0.145 e. The SMILES string of the molecule is c1ccc(N=C(c2ccccc2)N(c2ccccc2)c2ccccc2)cc1. The molecule has 0 aromatic heterocycles. The van der Waals surface area contributed by atoms with Crippen LogP contribution < -0.4 is 4.90 Å². The summed E-state index contributed by atoms with van der Waals surface area (Å²) < 4.78 is 0. The van der Waals surface area contributed by atoms with E-state index in [2.05, 4.69) is 65.6 Å². The van der Waals surface area contributed by atoms with Crippen LogP contribution in [-0.4, -0.2) is 5.84 Å². The summed E-state index contributed by atoms with van der Waals surface area (Å²) in [5.74, 6) is 0.888. The van der Waals surface area contributed by atoms with Crippen LogP contribution in [0.3, 0.4) is 0 Å². The van der Waals surface area contributed by atoms with Gasteiger partial charge in [0.25, 0.3) is 0 Å². The summed E-state index contributed by atoms with van der Waals surface area (Å²) >= 11 is 0. The molecule has 0 aliphatic carbocycles. The van der Waals surface area contributed by atoms with Gasteiger partial charge in [-0.2, -0.15) is 0 Å². The van der Waals surface area contributed by atoms with Gasteiger partial charge in [-0.25, -0.2) is 4.99 Å². The first-order valence-corrected chi connectivity index (χ1v) is 9.01. The average molecular weight is 348 g/mol. The first-order chi connectivity index (χ1) is 13.4. The zero-order valence-electron chi connectivity index (χ0n) is 14.9. The number of amidine groups is 1. The van der Waals surface area contributed by atoms with Crippen LogP contribution in [-0.2, 0) is 0 Å². The van der Waals surface area contributed by atoms with E-state index in [1.807, 2.05) is 60.7 Å². The van der Waals surface area contributed by atoms with Gasteiger partial charge >= 0.3 is 0 Å². The second-order valence-electron chi connectivity index (χ2n) is 6.14. The largest absolute Gasteiger partial charge is 0.295 e. The number of rotatable bonds is 4. The second-order valence-corrected chi connectivity index (χ2v) is 6.14. The number of nitrogens with zero attached hydrogens (tertiary/aromatic N) is 2. The lowest BCUT2D eigenvalue weighted by Crippen LogP contribution is -2.26. The maximum Gasteiger partial charge on any atom is 0.145 e. The highest BCUT2D eigenvalue weighted by molar-refractivity contribution is 6.15. The highest BCUT2D eigenvalue weighted by Gasteiger charge is 2.18. The molecule has 0 fully saturated rings. The fourth-order valence-corrected chi connectivity index (χ4v) is 3.00. The molecule has 4 aromatic carbocycles. The van der Waals surface area contributed by atoms with Gasteiger partial charge in [-0.15, -0.1) is 0 Å². The van der Waals surface area contributed by atoms with E-state index in [0.29, 0.717) is 0 Å². The van der Waals surface area contributed by atoms with Crippen molar-refractivity contribution >= 4 is 22.9 Å². The van der Waals surface area contributed by atoms with Crippen LogP contribution in [0.2, 0.25) is 0 Å². The van der Waals surface area contributed by atoms with Crippen molar-refractivity contribution in [2.75, 3.05) is 4.90 Å². The molecule has 0 amide bonds. The van der Waals surface area contributed by atoms with E-state index in [0.717, 1.165) is 28.5 Å². The summed E-state index contributed by atoms with van der Waals surface area (Å²) in [6.45, 7) is 0. The molecular weight excluding hydrogens is 328 g/mol. The zero-order valence-corrected chi connectivity index (χ0v) is 14.9. The van der Waals surface area contributed by atoms with Crippen molar-refractivity contribution in [3.63, 3.8) is 0 Å². The Bertz CT molecular complexity index is 956.